The van der Waals surface area contributed by atoms with Crippen molar-refractivity contribution in [3.63, 3.8) is 0 Å². The molecule has 0 aliphatic carbocycles. The molecule has 5 heteroatoms. The maximum atomic E-state index is 12.3. The number of hydrogen-bond acceptors (Lipinski definition) is 3. The van der Waals surface area contributed by atoms with E-state index in [0.29, 0.717) is 11.4 Å². The summed E-state index contributed by atoms with van der Waals surface area (Å²) in [6, 6.07) is 19.2. The molecule has 0 spiro atoms. The van der Waals surface area contributed by atoms with E-state index in [1.54, 1.807) is 6.07 Å². The maximum absolute atomic E-state index is 12.3. The van der Waals surface area contributed by atoms with Gasteiger partial charge in [-0.15, -0.1) is 0 Å². The SMILES string of the molecule is CCN(CC)c1ccc(NC(=O)C(=O)Nc2ccc3ccccc3c2)c(C)c1. The van der Waals surface area contributed by atoms with E-state index in [4.69, 9.17) is 0 Å². The molecule has 3 aromatic rings. The highest BCUT2D eigenvalue weighted by atomic mass is 16.2. The number of amides is 2. The number of fused-ring (bicyclic) bond motifs is 1. The van der Waals surface area contributed by atoms with Crippen LogP contribution in [0.4, 0.5) is 17.1 Å². The zero-order chi connectivity index (χ0) is 20.1. The number of benzene rings is 3. The summed E-state index contributed by atoms with van der Waals surface area (Å²) in [6.07, 6.45) is 0. The van der Waals surface area contributed by atoms with Crippen LogP contribution >= 0.6 is 0 Å². The minimum Gasteiger partial charge on any atom is -0.372 e. The summed E-state index contributed by atoms with van der Waals surface area (Å²) in [4.78, 5) is 26.9. The molecular formula is C23H25N3O2. The fourth-order valence-corrected chi connectivity index (χ4v) is 3.21. The van der Waals surface area contributed by atoms with Gasteiger partial charge in [0, 0.05) is 30.2 Å². The third kappa shape index (κ3) is 4.31. The number of nitrogens with zero attached hydrogens (tertiary/aromatic N) is 1. The molecule has 0 saturated heterocycles. The molecule has 0 aliphatic heterocycles. The summed E-state index contributed by atoms with van der Waals surface area (Å²) in [5.41, 5.74) is 3.24. The summed E-state index contributed by atoms with van der Waals surface area (Å²) in [7, 11) is 0. The lowest BCUT2D eigenvalue weighted by molar-refractivity contribution is -0.133. The molecule has 0 aromatic heterocycles. The summed E-state index contributed by atoms with van der Waals surface area (Å²) >= 11 is 0. The number of carbonyl (C=O) groups is 2. The molecule has 0 heterocycles. The minimum atomic E-state index is -0.692. The molecule has 5 nitrogen and oxygen atoms in total. The average Bonchev–Trinajstić information content (AvgIpc) is 2.70. The Hall–Kier alpha value is -3.34. The Balaban J connectivity index is 1.69. The first-order chi connectivity index (χ1) is 13.5. The lowest BCUT2D eigenvalue weighted by atomic mass is 10.1. The lowest BCUT2D eigenvalue weighted by Crippen LogP contribution is -2.29. The van der Waals surface area contributed by atoms with Crippen molar-refractivity contribution in [1.29, 1.82) is 0 Å². The topological polar surface area (TPSA) is 61.4 Å². The molecule has 0 bridgehead atoms. The van der Waals surface area contributed by atoms with Gasteiger partial charge in [-0.25, -0.2) is 0 Å². The molecule has 0 atom stereocenters. The van der Waals surface area contributed by atoms with Gasteiger partial charge in [-0.1, -0.05) is 30.3 Å². The number of anilines is 3. The third-order valence-electron chi connectivity index (χ3n) is 4.80. The van der Waals surface area contributed by atoms with Crippen molar-refractivity contribution in [3.8, 4) is 0 Å². The molecule has 3 rings (SSSR count). The molecule has 0 radical (unpaired) electrons. The highest BCUT2D eigenvalue weighted by Gasteiger charge is 2.16. The number of nitrogens with one attached hydrogen (secondary N) is 2. The van der Waals surface area contributed by atoms with E-state index in [2.05, 4.69) is 29.4 Å². The van der Waals surface area contributed by atoms with Crippen molar-refractivity contribution in [2.24, 2.45) is 0 Å². The van der Waals surface area contributed by atoms with Crippen LogP contribution in [0.5, 0.6) is 0 Å². The fourth-order valence-electron chi connectivity index (χ4n) is 3.21. The Morgan fingerprint density at radius 1 is 0.821 bits per heavy atom. The van der Waals surface area contributed by atoms with Gasteiger partial charge in [0.05, 0.1) is 0 Å². The predicted molar refractivity (Wildman–Crippen MR) is 116 cm³/mol. The highest BCUT2D eigenvalue weighted by molar-refractivity contribution is 6.43. The number of carbonyl (C=O) groups excluding carboxylic acids is 2. The average molecular weight is 375 g/mol. The molecule has 0 fully saturated rings. The normalized spacial score (nSPS) is 10.5. The van der Waals surface area contributed by atoms with Gasteiger partial charge in [-0.2, -0.15) is 0 Å². The van der Waals surface area contributed by atoms with Crippen LogP contribution in [-0.4, -0.2) is 24.9 Å². The summed E-state index contributed by atoms with van der Waals surface area (Å²) in [5.74, 6) is -1.38. The quantitative estimate of drug-likeness (QED) is 0.642. The van der Waals surface area contributed by atoms with Gasteiger partial charge < -0.3 is 15.5 Å². The Morgan fingerprint density at radius 3 is 2.18 bits per heavy atom. The van der Waals surface area contributed by atoms with E-state index in [0.717, 1.165) is 35.1 Å². The Labute approximate surface area is 165 Å². The molecule has 0 saturated carbocycles. The molecule has 2 amide bonds. The molecule has 144 valence electrons. The van der Waals surface area contributed by atoms with Gasteiger partial charge >= 0.3 is 11.8 Å². The minimum absolute atomic E-state index is 0.590. The van der Waals surface area contributed by atoms with Crippen molar-refractivity contribution >= 4 is 39.6 Å². The largest absolute Gasteiger partial charge is 0.372 e. The smallest absolute Gasteiger partial charge is 0.314 e. The van der Waals surface area contributed by atoms with Gasteiger partial charge in [0.25, 0.3) is 0 Å². The van der Waals surface area contributed by atoms with E-state index in [9.17, 15) is 9.59 Å². The van der Waals surface area contributed by atoms with E-state index in [1.807, 2.05) is 61.5 Å². The van der Waals surface area contributed by atoms with Crippen LogP contribution in [-0.2, 0) is 9.59 Å². The van der Waals surface area contributed by atoms with Gasteiger partial charge in [-0.3, -0.25) is 9.59 Å². The second-order valence-electron chi connectivity index (χ2n) is 6.64. The first-order valence-electron chi connectivity index (χ1n) is 9.48. The van der Waals surface area contributed by atoms with Crippen LogP contribution in [0.2, 0.25) is 0 Å². The van der Waals surface area contributed by atoms with Crippen molar-refractivity contribution in [2.75, 3.05) is 28.6 Å². The van der Waals surface area contributed by atoms with Crippen LogP contribution < -0.4 is 15.5 Å². The van der Waals surface area contributed by atoms with Crippen molar-refractivity contribution in [2.45, 2.75) is 20.8 Å². The predicted octanol–water partition coefficient (Wildman–Crippen LogP) is 4.57. The molecule has 3 aromatic carbocycles. The van der Waals surface area contributed by atoms with Crippen LogP contribution in [0.25, 0.3) is 10.8 Å². The summed E-state index contributed by atoms with van der Waals surface area (Å²) in [6.45, 7) is 7.95. The first-order valence-corrected chi connectivity index (χ1v) is 9.48. The van der Waals surface area contributed by atoms with Crippen molar-refractivity contribution < 1.29 is 9.59 Å². The fraction of sp³-hybridized carbons (Fsp3) is 0.217. The van der Waals surface area contributed by atoms with Gasteiger partial charge in [0.1, 0.15) is 0 Å². The summed E-state index contributed by atoms with van der Waals surface area (Å²) in [5, 5.41) is 7.44. The van der Waals surface area contributed by atoms with Crippen LogP contribution in [0.15, 0.2) is 60.7 Å². The third-order valence-corrected chi connectivity index (χ3v) is 4.80. The Kier molecular flexibility index (Phi) is 5.94. The van der Waals surface area contributed by atoms with Crippen LogP contribution in [0.1, 0.15) is 19.4 Å². The zero-order valence-electron chi connectivity index (χ0n) is 16.5. The molecule has 0 aliphatic rings. The molecular weight excluding hydrogens is 350 g/mol. The standard InChI is InChI=1S/C23H25N3O2/c1-4-26(5-2)20-12-13-21(16(3)14-20)25-23(28)22(27)24-19-11-10-17-8-6-7-9-18(17)15-19/h6-15H,4-5H2,1-3H3,(H,24,27)(H,25,28). The number of aryl methyl sites for hydroxylation is 1. The number of hydrogen-bond donors (Lipinski definition) is 2. The molecule has 0 unspecified atom stereocenters. The van der Waals surface area contributed by atoms with E-state index in [1.165, 1.54) is 0 Å². The maximum Gasteiger partial charge on any atom is 0.314 e. The van der Waals surface area contributed by atoms with E-state index < -0.39 is 11.8 Å². The van der Waals surface area contributed by atoms with E-state index in [-0.39, 0.29) is 0 Å². The van der Waals surface area contributed by atoms with Gasteiger partial charge in [0.15, 0.2) is 0 Å². The second-order valence-corrected chi connectivity index (χ2v) is 6.64. The van der Waals surface area contributed by atoms with Crippen molar-refractivity contribution in [1.82, 2.24) is 0 Å². The Morgan fingerprint density at radius 2 is 1.50 bits per heavy atom. The molecule has 2 N–H and O–H groups in total. The van der Waals surface area contributed by atoms with E-state index >= 15 is 0 Å². The zero-order valence-corrected chi connectivity index (χ0v) is 16.5. The van der Waals surface area contributed by atoms with Gasteiger partial charge in [0.2, 0.25) is 0 Å². The van der Waals surface area contributed by atoms with Crippen LogP contribution in [0.3, 0.4) is 0 Å². The first kappa shape index (κ1) is 19.4. The molecule has 28 heavy (non-hydrogen) atoms. The lowest BCUT2D eigenvalue weighted by Gasteiger charge is -2.22. The second kappa shape index (κ2) is 8.57. The summed E-state index contributed by atoms with van der Waals surface area (Å²) < 4.78 is 0. The highest BCUT2D eigenvalue weighted by Crippen LogP contribution is 2.23. The van der Waals surface area contributed by atoms with Gasteiger partial charge in [-0.05, 0) is 67.4 Å². The van der Waals surface area contributed by atoms with Crippen molar-refractivity contribution in [3.05, 3.63) is 66.2 Å². The Bertz CT molecular complexity index is 1010. The monoisotopic (exact) mass is 375 g/mol. The number of rotatable bonds is 5. The van der Waals surface area contributed by atoms with Crippen LogP contribution in [0, 0.1) is 6.92 Å².